The van der Waals surface area contributed by atoms with Gasteiger partial charge in [-0.3, -0.25) is 4.79 Å². The fraction of sp³-hybridized carbons (Fsp3) is 0.278. The molecule has 2 aromatic rings. The first-order chi connectivity index (χ1) is 9.69. The number of benzene rings is 2. The van der Waals surface area contributed by atoms with E-state index in [4.69, 9.17) is 0 Å². The molecule has 0 radical (unpaired) electrons. The number of aryl methyl sites for hydroxylation is 1. The third-order valence-corrected chi connectivity index (χ3v) is 3.47. The minimum Gasteiger partial charge on any atom is -0.349 e. The van der Waals surface area contributed by atoms with Gasteiger partial charge in [0.2, 0.25) is 5.91 Å². The van der Waals surface area contributed by atoms with Crippen molar-refractivity contribution in [3.8, 4) is 0 Å². The van der Waals surface area contributed by atoms with Crippen molar-refractivity contribution in [3.63, 3.8) is 0 Å². The number of carbonyl (C=O) groups excluding carboxylic acids is 1. The molecule has 2 rings (SSSR count). The Morgan fingerprint density at radius 3 is 2.20 bits per heavy atom. The summed E-state index contributed by atoms with van der Waals surface area (Å²) in [6.45, 7) is 4.14. The molecule has 0 aliphatic rings. The Morgan fingerprint density at radius 1 is 1.00 bits per heavy atom. The molecule has 1 N–H and O–H groups in total. The second-order valence-corrected chi connectivity index (χ2v) is 5.05. The molecule has 0 bridgehead atoms. The van der Waals surface area contributed by atoms with E-state index in [9.17, 15) is 4.79 Å². The Bertz CT molecular complexity index is 545. The maximum Gasteiger partial charge on any atom is 0.224 e. The molecule has 0 saturated carbocycles. The molecule has 0 aliphatic carbocycles. The SMILES string of the molecule is CCc1ccc(CC(=O)NC(C)c2ccccc2)cc1. The second-order valence-electron chi connectivity index (χ2n) is 5.05. The number of amides is 1. The van der Waals surface area contributed by atoms with E-state index in [-0.39, 0.29) is 11.9 Å². The average molecular weight is 267 g/mol. The van der Waals surface area contributed by atoms with Crippen LogP contribution in [0.5, 0.6) is 0 Å². The van der Waals surface area contributed by atoms with Crippen LogP contribution >= 0.6 is 0 Å². The third kappa shape index (κ3) is 3.95. The maximum atomic E-state index is 12.0. The summed E-state index contributed by atoms with van der Waals surface area (Å²) in [5.74, 6) is 0.0607. The highest BCUT2D eigenvalue weighted by Crippen LogP contribution is 2.12. The van der Waals surface area contributed by atoms with Crippen LogP contribution in [0.4, 0.5) is 0 Å². The Morgan fingerprint density at radius 2 is 1.60 bits per heavy atom. The van der Waals surface area contributed by atoms with Gasteiger partial charge in [-0.1, -0.05) is 61.5 Å². The summed E-state index contributed by atoms with van der Waals surface area (Å²) >= 11 is 0. The molecule has 0 spiro atoms. The van der Waals surface area contributed by atoms with Crippen LogP contribution in [0.3, 0.4) is 0 Å². The monoisotopic (exact) mass is 267 g/mol. The van der Waals surface area contributed by atoms with Crippen LogP contribution in [0.1, 0.15) is 36.6 Å². The largest absolute Gasteiger partial charge is 0.349 e. The van der Waals surface area contributed by atoms with Crippen molar-refractivity contribution < 1.29 is 4.79 Å². The first-order valence-electron chi connectivity index (χ1n) is 7.11. The number of hydrogen-bond donors (Lipinski definition) is 1. The van der Waals surface area contributed by atoms with E-state index in [1.165, 1.54) is 5.56 Å². The van der Waals surface area contributed by atoms with Gasteiger partial charge in [-0.25, -0.2) is 0 Å². The first kappa shape index (κ1) is 14.3. The van der Waals surface area contributed by atoms with Crippen molar-refractivity contribution in [3.05, 3.63) is 71.3 Å². The summed E-state index contributed by atoms with van der Waals surface area (Å²) in [7, 11) is 0. The number of nitrogens with one attached hydrogen (secondary N) is 1. The minimum absolute atomic E-state index is 0.0404. The average Bonchev–Trinajstić information content (AvgIpc) is 2.49. The zero-order valence-electron chi connectivity index (χ0n) is 12.1. The standard InChI is InChI=1S/C18H21NO/c1-3-15-9-11-16(12-10-15)13-18(20)19-14(2)17-7-5-4-6-8-17/h4-12,14H,3,13H2,1-2H3,(H,19,20). The summed E-state index contributed by atoms with van der Waals surface area (Å²) in [6, 6.07) is 18.3. The van der Waals surface area contributed by atoms with Crippen molar-refractivity contribution in [2.45, 2.75) is 32.7 Å². The minimum atomic E-state index is 0.0404. The lowest BCUT2D eigenvalue weighted by Crippen LogP contribution is -2.28. The van der Waals surface area contributed by atoms with Gasteiger partial charge in [0.1, 0.15) is 0 Å². The molecule has 0 fully saturated rings. The Kier molecular flexibility index (Phi) is 4.94. The van der Waals surface area contributed by atoms with Gasteiger partial charge in [0.25, 0.3) is 0 Å². The van der Waals surface area contributed by atoms with Crippen molar-refractivity contribution >= 4 is 5.91 Å². The lowest BCUT2D eigenvalue weighted by atomic mass is 10.1. The predicted octanol–water partition coefficient (Wildman–Crippen LogP) is 3.67. The molecule has 0 aromatic heterocycles. The zero-order chi connectivity index (χ0) is 14.4. The fourth-order valence-electron chi connectivity index (χ4n) is 2.20. The summed E-state index contributed by atoms with van der Waals surface area (Å²) in [5, 5.41) is 3.03. The smallest absolute Gasteiger partial charge is 0.224 e. The van der Waals surface area contributed by atoms with Gasteiger partial charge in [0, 0.05) is 0 Å². The van der Waals surface area contributed by atoms with Crippen LogP contribution in [0.2, 0.25) is 0 Å². The highest BCUT2D eigenvalue weighted by atomic mass is 16.1. The fourth-order valence-corrected chi connectivity index (χ4v) is 2.20. The van der Waals surface area contributed by atoms with Gasteiger partial charge in [0.15, 0.2) is 0 Å². The van der Waals surface area contributed by atoms with Gasteiger partial charge in [-0.05, 0) is 30.0 Å². The molecular weight excluding hydrogens is 246 g/mol. The number of hydrogen-bond acceptors (Lipinski definition) is 1. The normalized spacial score (nSPS) is 11.9. The second kappa shape index (κ2) is 6.90. The van der Waals surface area contributed by atoms with Crippen LogP contribution in [-0.2, 0) is 17.6 Å². The van der Waals surface area contributed by atoms with E-state index >= 15 is 0 Å². The molecule has 0 heterocycles. The first-order valence-corrected chi connectivity index (χ1v) is 7.11. The lowest BCUT2D eigenvalue weighted by Gasteiger charge is -2.14. The van der Waals surface area contributed by atoms with Crippen LogP contribution in [0.25, 0.3) is 0 Å². The molecule has 1 unspecified atom stereocenters. The highest BCUT2D eigenvalue weighted by molar-refractivity contribution is 5.79. The summed E-state index contributed by atoms with van der Waals surface area (Å²) in [6.07, 6.45) is 1.46. The molecule has 2 heteroatoms. The van der Waals surface area contributed by atoms with E-state index in [2.05, 4.69) is 24.4 Å². The van der Waals surface area contributed by atoms with Gasteiger partial charge in [-0.2, -0.15) is 0 Å². The Hall–Kier alpha value is -2.09. The van der Waals surface area contributed by atoms with Gasteiger partial charge in [-0.15, -0.1) is 0 Å². The van der Waals surface area contributed by atoms with E-state index < -0.39 is 0 Å². The molecule has 20 heavy (non-hydrogen) atoms. The lowest BCUT2D eigenvalue weighted by molar-refractivity contribution is -0.121. The van der Waals surface area contributed by atoms with Crippen LogP contribution < -0.4 is 5.32 Å². The van der Waals surface area contributed by atoms with Crippen molar-refractivity contribution in [2.75, 3.05) is 0 Å². The molecule has 0 aliphatic heterocycles. The summed E-state index contributed by atoms with van der Waals surface area (Å²) < 4.78 is 0. The quantitative estimate of drug-likeness (QED) is 0.880. The summed E-state index contributed by atoms with van der Waals surface area (Å²) in [5.41, 5.74) is 3.48. The molecule has 104 valence electrons. The van der Waals surface area contributed by atoms with Gasteiger partial charge >= 0.3 is 0 Å². The molecule has 1 amide bonds. The highest BCUT2D eigenvalue weighted by Gasteiger charge is 2.09. The Balaban J connectivity index is 1.91. The van der Waals surface area contributed by atoms with E-state index in [0.29, 0.717) is 6.42 Å². The molecule has 1 atom stereocenters. The number of carbonyl (C=O) groups is 1. The third-order valence-electron chi connectivity index (χ3n) is 3.47. The predicted molar refractivity (Wildman–Crippen MR) is 82.5 cm³/mol. The van der Waals surface area contributed by atoms with Crippen molar-refractivity contribution in [2.24, 2.45) is 0 Å². The van der Waals surface area contributed by atoms with Crippen LogP contribution in [0.15, 0.2) is 54.6 Å². The van der Waals surface area contributed by atoms with E-state index in [1.54, 1.807) is 0 Å². The van der Waals surface area contributed by atoms with E-state index in [0.717, 1.165) is 17.5 Å². The van der Waals surface area contributed by atoms with E-state index in [1.807, 2.05) is 49.4 Å². The topological polar surface area (TPSA) is 29.1 Å². The molecule has 0 saturated heterocycles. The van der Waals surface area contributed by atoms with Crippen LogP contribution in [0, 0.1) is 0 Å². The molecule has 2 aromatic carbocycles. The Labute approximate surface area is 120 Å². The maximum absolute atomic E-state index is 12.0. The number of rotatable bonds is 5. The van der Waals surface area contributed by atoms with Crippen LogP contribution in [-0.4, -0.2) is 5.91 Å². The van der Waals surface area contributed by atoms with Crippen molar-refractivity contribution in [1.29, 1.82) is 0 Å². The molecule has 2 nitrogen and oxygen atoms in total. The van der Waals surface area contributed by atoms with Gasteiger partial charge < -0.3 is 5.32 Å². The van der Waals surface area contributed by atoms with Gasteiger partial charge in [0.05, 0.1) is 12.5 Å². The molecular formula is C18H21NO. The van der Waals surface area contributed by atoms with Crippen molar-refractivity contribution in [1.82, 2.24) is 5.32 Å². The summed E-state index contributed by atoms with van der Waals surface area (Å²) in [4.78, 5) is 12.0. The zero-order valence-corrected chi connectivity index (χ0v) is 12.1.